The Morgan fingerprint density at radius 1 is 1.22 bits per heavy atom. The van der Waals surface area contributed by atoms with Crippen LogP contribution in [-0.2, 0) is 6.42 Å². The average Bonchev–Trinajstić information content (AvgIpc) is 2.64. The number of nitrogens with zero attached hydrogens (tertiary/aromatic N) is 2. The molecule has 140 valence electrons. The Morgan fingerprint density at radius 3 is 2.59 bits per heavy atom. The van der Waals surface area contributed by atoms with Gasteiger partial charge in [-0.1, -0.05) is 12.6 Å². The first-order chi connectivity index (χ1) is 13.0. The van der Waals surface area contributed by atoms with E-state index in [0.717, 1.165) is 49.1 Å². The van der Waals surface area contributed by atoms with Crippen LogP contribution in [0, 0.1) is 28.9 Å². The van der Waals surface area contributed by atoms with Crippen molar-refractivity contribution in [2.75, 3.05) is 23.3 Å². The highest BCUT2D eigenvalue weighted by Gasteiger charge is 2.22. The number of benzene rings is 2. The number of rotatable bonds is 5. The molecule has 0 amide bonds. The molecule has 0 radical (unpaired) electrons. The predicted octanol–water partition coefficient (Wildman–Crippen LogP) is 5.24. The van der Waals surface area contributed by atoms with Crippen LogP contribution >= 0.6 is 0 Å². The molecule has 1 aliphatic heterocycles. The SMILES string of the molecule is C=C(C)Nc1cc(C#N)ccc1N1CCC(Cc2ccc(F)cc2F)CC1. The number of hydrogen-bond donors (Lipinski definition) is 1. The van der Waals surface area contributed by atoms with E-state index in [1.165, 1.54) is 6.07 Å². The summed E-state index contributed by atoms with van der Waals surface area (Å²) in [6, 6.07) is 11.6. The first kappa shape index (κ1) is 18.9. The van der Waals surface area contributed by atoms with Gasteiger partial charge in [0.05, 0.1) is 23.0 Å². The minimum atomic E-state index is -0.538. The smallest absolute Gasteiger partial charge is 0.129 e. The Balaban J connectivity index is 1.68. The highest BCUT2D eigenvalue weighted by molar-refractivity contribution is 5.73. The van der Waals surface area contributed by atoms with Crippen molar-refractivity contribution in [3.05, 3.63) is 71.4 Å². The maximum atomic E-state index is 13.9. The van der Waals surface area contributed by atoms with Gasteiger partial charge in [0.1, 0.15) is 11.6 Å². The third-order valence-corrected chi connectivity index (χ3v) is 4.95. The molecule has 3 rings (SSSR count). The van der Waals surface area contributed by atoms with Crippen LogP contribution in [0.25, 0.3) is 0 Å². The van der Waals surface area contributed by atoms with Crippen molar-refractivity contribution >= 4 is 11.4 Å². The fourth-order valence-corrected chi connectivity index (χ4v) is 3.59. The number of anilines is 2. The average molecular weight is 367 g/mol. The molecule has 1 fully saturated rings. The molecule has 27 heavy (non-hydrogen) atoms. The van der Waals surface area contributed by atoms with Crippen molar-refractivity contribution in [1.29, 1.82) is 5.26 Å². The van der Waals surface area contributed by atoms with Crippen molar-refractivity contribution in [1.82, 2.24) is 0 Å². The van der Waals surface area contributed by atoms with Crippen LogP contribution < -0.4 is 10.2 Å². The Kier molecular flexibility index (Phi) is 5.75. The van der Waals surface area contributed by atoms with E-state index in [0.29, 0.717) is 23.5 Å². The van der Waals surface area contributed by atoms with E-state index in [4.69, 9.17) is 5.26 Å². The summed E-state index contributed by atoms with van der Waals surface area (Å²) in [6.45, 7) is 7.47. The van der Waals surface area contributed by atoms with Crippen LogP contribution in [0.15, 0.2) is 48.7 Å². The second-order valence-corrected chi connectivity index (χ2v) is 7.12. The van der Waals surface area contributed by atoms with Gasteiger partial charge in [-0.2, -0.15) is 5.26 Å². The van der Waals surface area contributed by atoms with E-state index in [2.05, 4.69) is 22.9 Å². The largest absolute Gasteiger partial charge is 0.370 e. The highest BCUT2D eigenvalue weighted by Crippen LogP contribution is 2.32. The van der Waals surface area contributed by atoms with Crippen LogP contribution in [0.3, 0.4) is 0 Å². The summed E-state index contributed by atoms with van der Waals surface area (Å²) in [5, 5.41) is 12.4. The predicted molar refractivity (Wildman–Crippen MR) is 105 cm³/mol. The standard InChI is InChI=1S/C22H23F2N3/c1-15(2)26-21-12-17(14-25)3-6-22(21)27-9-7-16(8-10-27)11-18-4-5-19(23)13-20(18)24/h3-6,12-13,16,26H,1,7-11H2,2H3. The number of allylic oxidation sites excluding steroid dienone is 1. The fourth-order valence-electron chi connectivity index (χ4n) is 3.59. The van der Waals surface area contributed by atoms with E-state index in [1.54, 1.807) is 6.07 Å². The number of piperidine rings is 1. The van der Waals surface area contributed by atoms with E-state index in [9.17, 15) is 8.78 Å². The third kappa shape index (κ3) is 4.65. The molecule has 1 heterocycles. The zero-order chi connectivity index (χ0) is 19.4. The number of halogens is 2. The van der Waals surface area contributed by atoms with Crippen LogP contribution in [0.4, 0.5) is 20.2 Å². The van der Waals surface area contributed by atoms with Crippen molar-refractivity contribution in [2.24, 2.45) is 5.92 Å². The van der Waals surface area contributed by atoms with Crippen LogP contribution in [0.1, 0.15) is 30.9 Å². The molecule has 0 bridgehead atoms. The molecular formula is C22H23F2N3. The summed E-state index contributed by atoms with van der Waals surface area (Å²) in [5.41, 5.74) is 3.92. The summed E-state index contributed by atoms with van der Waals surface area (Å²) in [4.78, 5) is 2.28. The van der Waals surface area contributed by atoms with Crippen molar-refractivity contribution in [3.63, 3.8) is 0 Å². The lowest BCUT2D eigenvalue weighted by atomic mass is 9.89. The normalized spacial score (nSPS) is 14.7. The monoisotopic (exact) mass is 367 g/mol. The molecule has 0 atom stereocenters. The van der Waals surface area contributed by atoms with Gasteiger partial charge in [0.25, 0.3) is 0 Å². The lowest BCUT2D eigenvalue weighted by Gasteiger charge is -2.35. The Hall–Kier alpha value is -2.87. The van der Waals surface area contributed by atoms with Crippen LogP contribution in [-0.4, -0.2) is 13.1 Å². The molecule has 2 aromatic carbocycles. The molecular weight excluding hydrogens is 344 g/mol. The van der Waals surface area contributed by atoms with E-state index >= 15 is 0 Å². The van der Waals surface area contributed by atoms with Crippen molar-refractivity contribution < 1.29 is 8.78 Å². The topological polar surface area (TPSA) is 39.1 Å². The fraction of sp³-hybridized carbons (Fsp3) is 0.318. The molecule has 1 saturated heterocycles. The Labute approximate surface area is 158 Å². The summed E-state index contributed by atoms with van der Waals surface area (Å²) in [7, 11) is 0. The van der Waals surface area contributed by atoms with Gasteiger partial charge in [-0.3, -0.25) is 0 Å². The van der Waals surface area contributed by atoms with Crippen molar-refractivity contribution in [2.45, 2.75) is 26.2 Å². The van der Waals surface area contributed by atoms with Crippen LogP contribution in [0.5, 0.6) is 0 Å². The van der Waals surface area contributed by atoms with Gasteiger partial charge in [-0.05, 0) is 61.9 Å². The second kappa shape index (κ2) is 8.22. The third-order valence-electron chi connectivity index (χ3n) is 4.95. The zero-order valence-corrected chi connectivity index (χ0v) is 15.4. The zero-order valence-electron chi connectivity index (χ0n) is 15.4. The minimum Gasteiger partial charge on any atom is -0.370 e. The second-order valence-electron chi connectivity index (χ2n) is 7.12. The molecule has 1 aliphatic rings. The van der Waals surface area contributed by atoms with Gasteiger partial charge in [0, 0.05) is 24.9 Å². The van der Waals surface area contributed by atoms with E-state index in [-0.39, 0.29) is 0 Å². The quantitative estimate of drug-likeness (QED) is 0.785. The van der Waals surface area contributed by atoms with Crippen LogP contribution in [0.2, 0.25) is 0 Å². The first-order valence-electron chi connectivity index (χ1n) is 9.12. The summed E-state index contributed by atoms with van der Waals surface area (Å²) in [5.74, 6) is -0.626. The highest BCUT2D eigenvalue weighted by atomic mass is 19.1. The summed E-state index contributed by atoms with van der Waals surface area (Å²) in [6.07, 6.45) is 2.50. The lowest BCUT2D eigenvalue weighted by Crippen LogP contribution is -2.34. The minimum absolute atomic E-state index is 0.372. The summed E-state index contributed by atoms with van der Waals surface area (Å²) >= 11 is 0. The Morgan fingerprint density at radius 2 is 1.96 bits per heavy atom. The molecule has 3 nitrogen and oxygen atoms in total. The number of hydrogen-bond acceptors (Lipinski definition) is 3. The van der Waals surface area contributed by atoms with E-state index < -0.39 is 11.6 Å². The lowest BCUT2D eigenvalue weighted by molar-refractivity contribution is 0.397. The van der Waals surface area contributed by atoms with Gasteiger partial charge in [-0.25, -0.2) is 8.78 Å². The molecule has 0 unspecified atom stereocenters. The number of nitrogens with one attached hydrogen (secondary N) is 1. The molecule has 2 aromatic rings. The van der Waals surface area contributed by atoms with E-state index in [1.807, 2.05) is 25.1 Å². The molecule has 1 N–H and O–H groups in total. The van der Waals surface area contributed by atoms with Gasteiger partial charge in [-0.15, -0.1) is 0 Å². The molecule has 0 spiro atoms. The van der Waals surface area contributed by atoms with Gasteiger partial charge >= 0.3 is 0 Å². The van der Waals surface area contributed by atoms with Gasteiger partial charge in [0.2, 0.25) is 0 Å². The number of nitriles is 1. The molecule has 0 saturated carbocycles. The Bertz CT molecular complexity index is 878. The summed E-state index contributed by atoms with van der Waals surface area (Å²) < 4.78 is 27.0. The molecule has 0 aliphatic carbocycles. The van der Waals surface area contributed by atoms with Gasteiger partial charge < -0.3 is 10.2 Å². The molecule has 0 aromatic heterocycles. The first-order valence-corrected chi connectivity index (χ1v) is 9.12. The molecule has 5 heteroatoms. The van der Waals surface area contributed by atoms with Crippen molar-refractivity contribution in [3.8, 4) is 6.07 Å². The maximum Gasteiger partial charge on any atom is 0.129 e. The van der Waals surface area contributed by atoms with Gasteiger partial charge in [0.15, 0.2) is 0 Å². The maximum absolute atomic E-state index is 13.9.